The molecular weight excluding hydrogens is 214 g/mol. The summed E-state index contributed by atoms with van der Waals surface area (Å²) in [5.74, 6) is -0.750. The SMILES string of the molecule is O=C1NS(=O)(=O)CCC1c1ccccc1. The first-order chi connectivity index (χ1) is 7.08. The summed E-state index contributed by atoms with van der Waals surface area (Å²) >= 11 is 0. The van der Waals surface area contributed by atoms with E-state index in [0.717, 1.165) is 5.56 Å². The molecule has 1 saturated heterocycles. The maximum absolute atomic E-state index is 11.5. The van der Waals surface area contributed by atoms with Crippen molar-refractivity contribution >= 4 is 15.9 Å². The largest absolute Gasteiger partial charge is 0.273 e. The van der Waals surface area contributed by atoms with E-state index >= 15 is 0 Å². The molecule has 1 atom stereocenters. The lowest BCUT2D eigenvalue weighted by Gasteiger charge is -2.21. The fourth-order valence-corrected chi connectivity index (χ4v) is 2.78. The van der Waals surface area contributed by atoms with Crippen molar-refractivity contribution in [2.75, 3.05) is 5.75 Å². The summed E-state index contributed by atoms with van der Waals surface area (Å²) in [4.78, 5) is 11.5. The first kappa shape index (κ1) is 10.2. The van der Waals surface area contributed by atoms with Crippen LogP contribution in [-0.4, -0.2) is 20.1 Å². The van der Waals surface area contributed by atoms with Crippen molar-refractivity contribution in [2.24, 2.45) is 0 Å². The number of nitrogens with one attached hydrogen (secondary N) is 1. The third kappa shape index (κ3) is 2.18. The van der Waals surface area contributed by atoms with Crippen LogP contribution in [0.15, 0.2) is 30.3 Å². The van der Waals surface area contributed by atoms with Gasteiger partial charge in [0.2, 0.25) is 15.9 Å². The van der Waals surface area contributed by atoms with Crippen LogP contribution in [0.3, 0.4) is 0 Å². The lowest BCUT2D eigenvalue weighted by atomic mass is 9.96. The van der Waals surface area contributed by atoms with Crippen LogP contribution in [0, 0.1) is 0 Å². The topological polar surface area (TPSA) is 63.2 Å². The molecule has 0 spiro atoms. The van der Waals surface area contributed by atoms with Crippen molar-refractivity contribution in [3.05, 3.63) is 35.9 Å². The van der Waals surface area contributed by atoms with Gasteiger partial charge in [0, 0.05) is 0 Å². The van der Waals surface area contributed by atoms with Gasteiger partial charge < -0.3 is 0 Å². The first-order valence-corrected chi connectivity index (χ1v) is 6.33. The van der Waals surface area contributed by atoms with Crippen LogP contribution in [0.5, 0.6) is 0 Å². The molecule has 4 nitrogen and oxygen atoms in total. The van der Waals surface area contributed by atoms with E-state index in [0.29, 0.717) is 6.42 Å². The predicted octanol–water partition coefficient (Wildman–Crippen LogP) is 0.620. The fraction of sp³-hybridized carbons (Fsp3) is 0.300. The number of carbonyl (C=O) groups excluding carboxylic acids is 1. The maximum Gasteiger partial charge on any atom is 0.241 e. The van der Waals surface area contributed by atoms with Gasteiger partial charge in [0.25, 0.3) is 0 Å². The Balaban J connectivity index is 2.24. The van der Waals surface area contributed by atoms with Gasteiger partial charge in [-0.2, -0.15) is 0 Å². The third-order valence-electron chi connectivity index (χ3n) is 2.45. The normalized spacial score (nSPS) is 24.5. The van der Waals surface area contributed by atoms with Crippen molar-refractivity contribution in [3.8, 4) is 0 Å². The Hall–Kier alpha value is -1.36. The lowest BCUT2D eigenvalue weighted by molar-refractivity contribution is -0.121. The van der Waals surface area contributed by atoms with E-state index in [9.17, 15) is 13.2 Å². The highest BCUT2D eigenvalue weighted by molar-refractivity contribution is 7.90. The van der Waals surface area contributed by atoms with Crippen molar-refractivity contribution in [1.29, 1.82) is 0 Å². The van der Waals surface area contributed by atoms with Crippen LogP contribution in [0.2, 0.25) is 0 Å². The second kappa shape index (κ2) is 3.66. The Bertz CT molecular complexity index is 467. The molecule has 1 aliphatic heterocycles. The summed E-state index contributed by atoms with van der Waals surface area (Å²) in [5, 5.41) is 0. The summed E-state index contributed by atoms with van der Waals surface area (Å²) in [6.45, 7) is 0. The van der Waals surface area contributed by atoms with E-state index in [-0.39, 0.29) is 11.7 Å². The molecule has 1 fully saturated rings. The quantitative estimate of drug-likeness (QED) is 0.762. The van der Waals surface area contributed by atoms with Crippen molar-refractivity contribution < 1.29 is 13.2 Å². The second-order valence-electron chi connectivity index (χ2n) is 3.54. The number of hydrogen-bond donors (Lipinski definition) is 1. The van der Waals surface area contributed by atoms with E-state index in [2.05, 4.69) is 0 Å². The van der Waals surface area contributed by atoms with Crippen LogP contribution in [0.25, 0.3) is 0 Å². The third-order valence-corrected chi connectivity index (χ3v) is 3.74. The molecule has 1 aromatic rings. The van der Waals surface area contributed by atoms with E-state index in [1.54, 1.807) is 0 Å². The lowest BCUT2D eigenvalue weighted by Crippen LogP contribution is -2.41. The smallest absolute Gasteiger partial charge is 0.241 e. The van der Waals surface area contributed by atoms with Crippen LogP contribution in [0.4, 0.5) is 0 Å². The average molecular weight is 225 g/mol. The van der Waals surface area contributed by atoms with E-state index in [1.165, 1.54) is 0 Å². The number of amides is 1. The molecule has 80 valence electrons. The monoisotopic (exact) mass is 225 g/mol. The molecule has 0 bridgehead atoms. The predicted molar refractivity (Wildman–Crippen MR) is 55.7 cm³/mol. The first-order valence-electron chi connectivity index (χ1n) is 4.68. The van der Waals surface area contributed by atoms with Gasteiger partial charge in [-0.3, -0.25) is 9.52 Å². The zero-order valence-electron chi connectivity index (χ0n) is 8.01. The van der Waals surface area contributed by atoms with Gasteiger partial charge in [0.05, 0.1) is 11.7 Å². The Labute approximate surface area is 88.4 Å². The van der Waals surface area contributed by atoms with Crippen molar-refractivity contribution in [1.82, 2.24) is 4.72 Å². The average Bonchev–Trinajstić information content (AvgIpc) is 2.17. The van der Waals surface area contributed by atoms with Crippen LogP contribution in [0.1, 0.15) is 17.9 Å². The second-order valence-corrected chi connectivity index (χ2v) is 5.38. The highest BCUT2D eigenvalue weighted by Gasteiger charge is 2.31. The van der Waals surface area contributed by atoms with E-state index in [4.69, 9.17) is 0 Å². The summed E-state index contributed by atoms with van der Waals surface area (Å²) in [7, 11) is -3.37. The minimum Gasteiger partial charge on any atom is -0.273 e. The highest BCUT2D eigenvalue weighted by Crippen LogP contribution is 2.23. The molecule has 1 aromatic carbocycles. The standard InChI is InChI=1S/C10H11NO3S/c12-10-9(6-7-15(13,14)11-10)8-4-2-1-3-5-8/h1-5,9H,6-7H2,(H,11,12). The number of carbonyl (C=O) groups is 1. The zero-order valence-corrected chi connectivity index (χ0v) is 8.83. The molecule has 1 unspecified atom stereocenters. The van der Waals surface area contributed by atoms with Gasteiger partial charge in [0.15, 0.2) is 0 Å². The minimum atomic E-state index is -3.37. The Kier molecular flexibility index (Phi) is 2.48. The zero-order chi connectivity index (χ0) is 10.9. The molecule has 0 radical (unpaired) electrons. The van der Waals surface area contributed by atoms with Gasteiger partial charge in [-0.25, -0.2) is 8.42 Å². The van der Waals surface area contributed by atoms with Gasteiger partial charge >= 0.3 is 0 Å². The van der Waals surface area contributed by atoms with Crippen LogP contribution < -0.4 is 4.72 Å². The fourth-order valence-electron chi connectivity index (χ4n) is 1.68. The van der Waals surface area contributed by atoms with Gasteiger partial charge in [-0.15, -0.1) is 0 Å². The molecular formula is C10H11NO3S. The Morgan fingerprint density at radius 1 is 1.20 bits per heavy atom. The Morgan fingerprint density at radius 2 is 1.87 bits per heavy atom. The molecule has 1 aliphatic rings. The summed E-state index contributed by atoms with van der Waals surface area (Å²) in [6.07, 6.45) is 0.359. The molecule has 15 heavy (non-hydrogen) atoms. The summed E-state index contributed by atoms with van der Waals surface area (Å²) in [6, 6.07) is 9.21. The van der Waals surface area contributed by atoms with Gasteiger partial charge in [-0.05, 0) is 12.0 Å². The van der Waals surface area contributed by atoms with Crippen LogP contribution >= 0.6 is 0 Å². The summed E-state index contributed by atoms with van der Waals surface area (Å²) in [5.41, 5.74) is 0.866. The van der Waals surface area contributed by atoms with E-state index in [1.807, 2.05) is 35.1 Å². The molecule has 0 aromatic heterocycles. The van der Waals surface area contributed by atoms with Crippen LogP contribution in [-0.2, 0) is 14.8 Å². The van der Waals surface area contributed by atoms with Gasteiger partial charge in [-0.1, -0.05) is 30.3 Å². The molecule has 1 amide bonds. The van der Waals surface area contributed by atoms with E-state index < -0.39 is 15.9 Å². The summed E-state index contributed by atoms with van der Waals surface area (Å²) < 4.78 is 24.2. The van der Waals surface area contributed by atoms with Gasteiger partial charge in [0.1, 0.15) is 0 Å². The number of hydrogen-bond acceptors (Lipinski definition) is 3. The maximum atomic E-state index is 11.5. The highest BCUT2D eigenvalue weighted by atomic mass is 32.2. The molecule has 5 heteroatoms. The molecule has 0 aliphatic carbocycles. The van der Waals surface area contributed by atoms with Crippen molar-refractivity contribution in [3.63, 3.8) is 0 Å². The molecule has 0 saturated carbocycles. The molecule has 1 N–H and O–H groups in total. The number of rotatable bonds is 1. The Morgan fingerprint density at radius 3 is 2.47 bits per heavy atom. The number of benzene rings is 1. The van der Waals surface area contributed by atoms with Crippen molar-refractivity contribution in [2.45, 2.75) is 12.3 Å². The minimum absolute atomic E-state index is 0.0122. The molecule has 1 heterocycles. The number of sulfonamides is 1. The molecule has 2 rings (SSSR count).